The first kappa shape index (κ1) is 15.9. The van der Waals surface area contributed by atoms with Gasteiger partial charge in [0.2, 0.25) is 0 Å². The number of halogens is 1. The van der Waals surface area contributed by atoms with Crippen LogP contribution in [0.25, 0.3) is 0 Å². The average Bonchev–Trinajstić information content (AvgIpc) is 3.08. The molecule has 1 aliphatic carbocycles. The van der Waals surface area contributed by atoms with E-state index in [9.17, 15) is 0 Å². The highest BCUT2D eigenvalue weighted by molar-refractivity contribution is 5.85. The minimum Gasteiger partial charge on any atom is -0.378 e. The van der Waals surface area contributed by atoms with Crippen molar-refractivity contribution in [1.29, 1.82) is 0 Å². The lowest BCUT2D eigenvalue weighted by Crippen LogP contribution is -2.05. The fourth-order valence-corrected chi connectivity index (χ4v) is 3.01. The standard InChI is InChI=1S/C15H23N5.ClH/c1-11-13(8-16-15-10-19(3)17-12(15)2)9-20(18-11)14-6-4-5-7-14;/h9-10,14,16H,4-8H2,1-3H3;1H. The smallest absolute Gasteiger partial charge is 0.0825 e. The predicted molar refractivity (Wildman–Crippen MR) is 87.0 cm³/mol. The van der Waals surface area contributed by atoms with Gasteiger partial charge in [-0.2, -0.15) is 10.2 Å². The Morgan fingerprint density at radius 1 is 1.14 bits per heavy atom. The second-order valence-corrected chi connectivity index (χ2v) is 5.81. The van der Waals surface area contributed by atoms with Crippen LogP contribution in [0.2, 0.25) is 0 Å². The highest BCUT2D eigenvalue weighted by Gasteiger charge is 2.18. The molecule has 0 radical (unpaired) electrons. The number of rotatable bonds is 4. The molecule has 0 aromatic carbocycles. The van der Waals surface area contributed by atoms with E-state index in [0.29, 0.717) is 6.04 Å². The average molecular weight is 310 g/mol. The Bertz CT molecular complexity index is 595. The molecule has 1 N–H and O–H groups in total. The number of hydrogen-bond donors (Lipinski definition) is 1. The van der Waals surface area contributed by atoms with Gasteiger partial charge in [-0.15, -0.1) is 12.4 Å². The largest absolute Gasteiger partial charge is 0.378 e. The van der Waals surface area contributed by atoms with Gasteiger partial charge in [0, 0.05) is 31.5 Å². The zero-order valence-electron chi connectivity index (χ0n) is 13.0. The van der Waals surface area contributed by atoms with Crippen molar-refractivity contribution in [3.63, 3.8) is 0 Å². The summed E-state index contributed by atoms with van der Waals surface area (Å²) in [5.74, 6) is 0. The molecule has 6 heteroatoms. The fourth-order valence-electron chi connectivity index (χ4n) is 3.01. The normalized spacial score (nSPS) is 15.2. The quantitative estimate of drug-likeness (QED) is 0.942. The van der Waals surface area contributed by atoms with Crippen LogP contribution in [0.5, 0.6) is 0 Å². The van der Waals surface area contributed by atoms with Crippen molar-refractivity contribution in [2.75, 3.05) is 5.32 Å². The number of anilines is 1. The molecule has 0 spiro atoms. The van der Waals surface area contributed by atoms with E-state index < -0.39 is 0 Å². The molecule has 1 fully saturated rings. The fraction of sp³-hybridized carbons (Fsp3) is 0.600. The molecule has 0 aliphatic heterocycles. The van der Waals surface area contributed by atoms with E-state index in [4.69, 9.17) is 0 Å². The van der Waals surface area contributed by atoms with E-state index in [1.165, 1.54) is 31.2 Å². The molecule has 1 saturated carbocycles. The van der Waals surface area contributed by atoms with Gasteiger partial charge >= 0.3 is 0 Å². The first-order valence-electron chi connectivity index (χ1n) is 7.42. The van der Waals surface area contributed by atoms with Gasteiger partial charge in [-0.05, 0) is 26.7 Å². The Morgan fingerprint density at radius 2 is 1.86 bits per heavy atom. The van der Waals surface area contributed by atoms with Crippen LogP contribution in [0.3, 0.4) is 0 Å². The van der Waals surface area contributed by atoms with E-state index in [1.807, 2.05) is 24.9 Å². The number of aryl methyl sites for hydroxylation is 3. The van der Waals surface area contributed by atoms with Crippen LogP contribution >= 0.6 is 12.4 Å². The number of nitrogens with one attached hydrogen (secondary N) is 1. The molecule has 0 saturated heterocycles. The minimum atomic E-state index is 0. The zero-order chi connectivity index (χ0) is 14.1. The van der Waals surface area contributed by atoms with Crippen LogP contribution in [0, 0.1) is 13.8 Å². The lowest BCUT2D eigenvalue weighted by molar-refractivity contribution is 0.464. The summed E-state index contributed by atoms with van der Waals surface area (Å²) < 4.78 is 4.02. The van der Waals surface area contributed by atoms with Gasteiger partial charge in [0.05, 0.1) is 23.1 Å². The van der Waals surface area contributed by atoms with Gasteiger partial charge < -0.3 is 5.32 Å². The van der Waals surface area contributed by atoms with Crippen LogP contribution in [-0.2, 0) is 13.6 Å². The van der Waals surface area contributed by atoms with Gasteiger partial charge in [-0.1, -0.05) is 12.8 Å². The van der Waals surface area contributed by atoms with Gasteiger partial charge in [0.25, 0.3) is 0 Å². The summed E-state index contributed by atoms with van der Waals surface area (Å²) in [6.45, 7) is 4.93. The highest BCUT2D eigenvalue weighted by Crippen LogP contribution is 2.29. The summed E-state index contributed by atoms with van der Waals surface area (Å²) in [6.07, 6.45) is 9.46. The molecule has 3 rings (SSSR count). The summed E-state index contributed by atoms with van der Waals surface area (Å²) in [7, 11) is 1.95. The maximum Gasteiger partial charge on any atom is 0.0825 e. The summed E-state index contributed by atoms with van der Waals surface area (Å²) in [5.41, 5.74) is 4.54. The van der Waals surface area contributed by atoms with E-state index in [1.54, 1.807) is 0 Å². The molecule has 2 heterocycles. The van der Waals surface area contributed by atoms with Crippen molar-refractivity contribution in [2.45, 2.75) is 52.1 Å². The van der Waals surface area contributed by atoms with Crippen LogP contribution in [-0.4, -0.2) is 19.6 Å². The Hall–Kier alpha value is -1.49. The van der Waals surface area contributed by atoms with Crippen molar-refractivity contribution in [1.82, 2.24) is 19.6 Å². The molecule has 0 amide bonds. The van der Waals surface area contributed by atoms with Crippen molar-refractivity contribution in [2.24, 2.45) is 7.05 Å². The summed E-state index contributed by atoms with van der Waals surface area (Å²) >= 11 is 0. The topological polar surface area (TPSA) is 47.7 Å². The molecule has 2 aromatic rings. The Balaban J connectivity index is 0.00000161. The van der Waals surface area contributed by atoms with E-state index >= 15 is 0 Å². The van der Waals surface area contributed by atoms with Crippen molar-refractivity contribution >= 4 is 18.1 Å². The van der Waals surface area contributed by atoms with E-state index in [-0.39, 0.29) is 12.4 Å². The van der Waals surface area contributed by atoms with Crippen molar-refractivity contribution < 1.29 is 0 Å². The molecule has 116 valence electrons. The molecule has 21 heavy (non-hydrogen) atoms. The molecule has 5 nitrogen and oxygen atoms in total. The van der Waals surface area contributed by atoms with Gasteiger partial charge in [-0.25, -0.2) is 0 Å². The maximum atomic E-state index is 4.69. The maximum absolute atomic E-state index is 4.69. The van der Waals surface area contributed by atoms with Gasteiger partial charge in [-0.3, -0.25) is 9.36 Å². The Labute approximate surface area is 132 Å². The van der Waals surface area contributed by atoms with Gasteiger partial charge in [0.1, 0.15) is 0 Å². The molecular formula is C15H24ClN5. The second kappa shape index (κ2) is 6.52. The molecule has 2 aromatic heterocycles. The summed E-state index contributed by atoms with van der Waals surface area (Å²) in [5, 5.41) is 12.5. The first-order chi connectivity index (χ1) is 9.63. The van der Waals surface area contributed by atoms with E-state index in [0.717, 1.165) is 23.6 Å². The SMILES string of the molecule is Cc1nn(C2CCCC2)cc1CNc1cn(C)nc1C.Cl. The van der Waals surface area contributed by atoms with Gasteiger partial charge in [0.15, 0.2) is 0 Å². The van der Waals surface area contributed by atoms with Crippen LogP contribution in [0.1, 0.15) is 48.7 Å². The molecule has 0 unspecified atom stereocenters. The predicted octanol–water partition coefficient (Wildman–Crippen LogP) is 3.38. The Kier molecular flexibility index (Phi) is 4.93. The Morgan fingerprint density at radius 3 is 2.48 bits per heavy atom. The lowest BCUT2D eigenvalue weighted by Gasteiger charge is -2.08. The lowest BCUT2D eigenvalue weighted by atomic mass is 10.2. The third-order valence-corrected chi connectivity index (χ3v) is 4.20. The molecule has 1 aliphatic rings. The van der Waals surface area contributed by atoms with Crippen LogP contribution in [0.15, 0.2) is 12.4 Å². The monoisotopic (exact) mass is 309 g/mol. The molecule has 0 bridgehead atoms. The van der Waals surface area contributed by atoms with Crippen LogP contribution < -0.4 is 5.32 Å². The third kappa shape index (κ3) is 3.40. The van der Waals surface area contributed by atoms with Crippen molar-refractivity contribution in [3.8, 4) is 0 Å². The second-order valence-electron chi connectivity index (χ2n) is 5.81. The summed E-state index contributed by atoms with van der Waals surface area (Å²) in [4.78, 5) is 0. The zero-order valence-corrected chi connectivity index (χ0v) is 13.8. The first-order valence-corrected chi connectivity index (χ1v) is 7.42. The molecular weight excluding hydrogens is 286 g/mol. The third-order valence-electron chi connectivity index (χ3n) is 4.20. The molecule has 0 atom stereocenters. The summed E-state index contributed by atoms with van der Waals surface area (Å²) in [6, 6.07) is 0.613. The minimum absolute atomic E-state index is 0. The number of nitrogens with zero attached hydrogens (tertiary/aromatic N) is 4. The van der Waals surface area contributed by atoms with Crippen LogP contribution in [0.4, 0.5) is 5.69 Å². The van der Waals surface area contributed by atoms with Crippen molar-refractivity contribution in [3.05, 3.63) is 29.3 Å². The highest BCUT2D eigenvalue weighted by atomic mass is 35.5. The number of aromatic nitrogens is 4. The van der Waals surface area contributed by atoms with E-state index in [2.05, 4.69) is 33.3 Å². The number of hydrogen-bond acceptors (Lipinski definition) is 3.